The first-order valence-electron chi connectivity index (χ1n) is 5.22. The Morgan fingerprint density at radius 2 is 1.61 bits per heavy atom. The van der Waals surface area contributed by atoms with Gasteiger partial charge in [-0.05, 0) is 42.0 Å². The van der Waals surface area contributed by atoms with Crippen molar-refractivity contribution in [1.29, 1.82) is 0 Å². The molecule has 0 atom stereocenters. The van der Waals surface area contributed by atoms with Crippen molar-refractivity contribution in [3.63, 3.8) is 0 Å². The number of phenolic OH excluding ortho intramolecular Hbond substituents is 1. The van der Waals surface area contributed by atoms with Gasteiger partial charge in [0.05, 0.1) is 0 Å². The maximum absolute atomic E-state index is 13.1. The summed E-state index contributed by atoms with van der Waals surface area (Å²) in [6.45, 7) is 0.274. The fourth-order valence-corrected chi connectivity index (χ4v) is 1.76. The van der Waals surface area contributed by atoms with Gasteiger partial charge >= 0.3 is 0 Å². The second-order valence-electron chi connectivity index (χ2n) is 3.77. The Hall–Kier alpha value is -1.62. The third kappa shape index (κ3) is 2.98. The largest absolute Gasteiger partial charge is 0.503 e. The molecule has 94 valence electrons. The Morgan fingerprint density at radius 1 is 1.06 bits per heavy atom. The Labute approximate surface area is 111 Å². The zero-order valence-corrected chi connectivity index (χ0v) is 10.8. The lowest BCUT2D eigenvalue weighted by Gasteiger charge is -2.07. The lowest BCUT2D eigenvalue weighted by molar-refractivity contribution is 0.395. The molecule has 0 bridgehead atoms. The third-order valence-electron chi connectivity index (χ3n) is 2.42. The topological polar surface area (TPSA) is 32.3 Å². The summed E-state index contributed by atoms with van der Waals surface area (Å²) in [5.41, 5.74) is 1.26. The van der Waals surface area contributed by atoms with Crippen LogP contribution >= 0.6 is 15.9 Å². The molecular formula is C13H10BrF2NO. The molecule has 0 fully saturated rings. The molecule has 0 heterocycles. The van der Waals surface area contributed by atoms with E-state index in [1.807, 2.05) is 24.3 Å². The maximum Gasteiger partial charge on any atom is 0.187 e. The van der Waals surface area contributed by atoms with Crippen molar-refractivity contribution >= 4 is 21.6 Å². The molecule has 0 aliphatic carbocycles. The molecule has 0 aliphatic heterocycles. The number of anilines is 1. The van der Waals surface area contributed by atoms with Gasteiger partial charge in [0.1, 0.15) is 0 Å². The number of halogens is 3. The van der Waals surface area contributed by atoms with E-state index in [0.717, 1.165) is 22.3 Å². The first kappa shape index (κ1) is 12.8. The zero-order valence-electron chi connectivity index (χ0n) is 9.25. The minimum absolute atomic E-state index is 0.274. The maximum atomic E-state index is 13.1. The predicted molar refractivity (Wildman–Crippen MR) is 69.5 cm³/mol. The molecule has 0 aliphatic rings. The van der Waals surface area contributed by atoms with Gasteiger partial charge < -0.3 is 10.4 Å². The highest BCUT2D eigenvalue weighted by atomic mass is 79.9. The van der Waals surface area contributed by atoms with Crippen molar-refractivity contribution in [1.82, 2.24) is 0 Å². The molecule has 0 saturated carbocycles. The van der Waals surface area contributed by atoms with Gasteiger partial charge in [0.2, 0.25) is 0 Å². The van der Waals surface area contributed by atoms with E-state index in [9.17, 15) is 8.78 Å². The molecular weight excluding hydrogens is 304 g/mol. The van der Waals surface area contributed by atoms with Crippen molar-refractivity contribution in [2.45, 2.75) is 6.54 Å². The van der Waals surface area contributed by atoms with E-state index in [4.69, 9.17) is 5.11 Å². The molecule has 0 unspecified atom stereocenters. The molecule has 2 nitrogen and oxygen atoms in total. The highest BCUT2D eigenvalue weighted by Crippen LogP contribution is 2.22. The van der Waals surface area contributed by atoms with Crippen molar-refractivity contribution in [2.24, 2.45) is 0 Å². The molecule has 5 heteroatoms. The Bertz CT molecular complexity index is 534. The molecule has 2 aromatic carbocycles. The molecule has 2 aromatic rings. The summed E-state index contributed by atoms with van der Waals surface area (Å²) >= 11 is 3.31. The number of aromatic hydroxyl groups is 1. The first-order chi connectivity index (χ1) is 8.56. The fraction of sp³-hybridized carbons (Fsp3) is 0.0769. The molecule has 0 aromatic heterocycles. The van der Waals surface area contributed by atoms with E-state index in [-0.39, 0.29) is 6.54 Å². The monoisotopic (exact) mass is 313 g/mol. The summed E-state index contributed by atoms with van der Waals surface area (Å²) in [5, 5.41) is 12.0. The van der Waals surface area contributed by atoms with Crippen LogP contribution in [-0.4, -0.2) is 5.11 Å². The summed E-state index contributed by atoms with van der Waals surface area (Å²) in [4.78, 5) is 0. The first-order valence-corrected chi connectivity index (χ1v) is 6.02. The quantitative estimate of drug-likeness (QED) is 0.896. The Balaban J connectivity index is 2.08. The van der Waals surface area contributed by atoms with Gasteiger partial charge in [-0.1, -0.05) is 15.9 Å². The second-order valence-corrected chi connectivity index (χ2v) is 4.68. The molecule has 2 N–H and O–H groups in total. The molecule has 2 rings (SSSR count). The average Bonchev–Trinajstić information content (AvgIpc) is 2.35. The highest BCUT2D eigenvalue weighted by Gasteiger charge is 2.09. The summed E-state index contributed by atoms with van der Waals surface area (Å²) in [5.74, 6) is -2.85. The second kappa shape index (κ2) is 5.35. The third-order valence-corrected chi connectivity index (χ3v) is 2.95. The van der Waals surface area contributed by atoms with Gasteiger partial charge in [-0.2, -0.15) is 0 Å². The van der Waals surface area contributed by atoms with Gasteiger partial charge in [0.25, 0.3) is 0 Å². The molecule has 0 amide bonds. The van der Waals surface area contributed by atoms with Crippen LogP contribution in [0.1, 0.15) is 5.56 Å². The molecule has 0 radical (unpaired) electrons. The summed E-state index contributed by atoms with van der Waals surface area (Å²) in [6, 6.07) is 9.61. The Morgan fingerprint density at radius 3 is 2.17 bits per heavy atom. The van der Waals surface area contributed by atoms with Gasteiger partial charge in [-0.25, -0.2) is 8.78 Å². The molecule has 0 spiro atoms. The standard InChI is InChI=1S/C13H10BrF2NO/c14-9-1-3-10(4-2-9)17-7-8-5-11(15)13(18)12(16)6-8/h1-6,17-18H,7H2. The normalized spacial score (nSPS) is 10.4. The van der Waals surface area contributed by atoms with E-state index in [1.165, 1.54) is 0 Å². The highest BCUT2D eigenvalue weighted by molar-refractivity contribution is 9.10. The predicted octanol–water partition coefficient (Wildman–Crippen LogP) is 4.05. The number of hydrogen-bond donors (Lipinski definition) is 2. The smallest absolute Gasteiger partial charge is 0.187 e. The van der Waals surface area contributed by atoms with Crippen LogP contribution < -0.4 is 5.32 Å². The van der Waals surface area contributed by atoms with E-state index >= 15 is 0 Å². The summed E-state index contributed by atoms with van der Waals surface area (Å²) in [7, 11) is 0. The minimum atomic E-state index is -0.956. The van der Waals surface area contributed by atoms with E-state index in [2.05, 4.69) is 21.2 Å². The van der Waals surface area contributed by atoms with Crippen LogP contribution in [0.4, 0.5) is 14.5 Å². The van der Waals surface area contributed by atoms with Crippen molar-refractivity contribution in [3.05, 3.63) is 58.1 Å². The van der Waals surface area contributed by atoms with Crippen LogP contribution in [0.5, 0.6) is 5.75 Å². The van der Waals surface area contributed by atoms with Gasteiger partial charge in [-0.15, -0.1) is 0 Å². The van der Waals surface area contributed by atoms with Crippen molar-refractivity contribution in [2.75, 3.05) is 5.32 Å². The van der Waals surface area contributed by atoms with Crippen molar-refractivity contribution < 1.29 is 13.9 Å². The van der Waals surface area contributed by atoms with Crippen LogP contribution in [-0.2, 0) is 6.54 Å². The van der Waals surface area contributed by atoms with Crippen LogP contribution in [0.15, 0.2) is 40.9 Å². The number of nitrogens with one attached hydrogen (secondary N) is 1. The molecule has 18 heavy (non-hydrogen) atoms. The van der Waals surface area contributed by atoms with E-state index < -0.39 is 17.4 Å². The minimum Gasteiger partial charge on any atom is -0.503 e. The number of hydrogen-bond acceptors (Lipinski definition) is 2. The van der Waals surface area contributed by atoms with E-state index in [1.54, 1.807) is 0 Å². The zero-order chi connectivity index (χ0) is 13.1. The van der Waals surface area contributed by atoms with Crippen molar-refractivity contribution in [3.8, 4) is 5.75 Å². The fourth-order valence-electron chi connectivity index (χ4n) is 1.49. The summed E-state index contributed by atoms with van der Waals surface area (Å²) < 4.78 is 27.1. The van der Waals surface area contributed by atoms with Gasteiger partial charge in [0.15, 0.2) is 17.4 Å². The Kier molecular flexibility index (Phi) is 3.81. The molecule has 0 saturated heterocycles. The van der Waals surface area contributed by atoms with Crippen LogP contribution in [0.3, 0.4) is 0 Å². The van der Waals surface area contributed by atoms with Crippen LogP contribution in [0.2, 0.25) is 0 Å². The van der Waals surface area contributed by atoms with Gasteiger partial charge in [-0.3, -0.25) is 0 Å². The number of phenols is 1. The number of rotatable bonds is 3. The average molecular weight is 314 g/mol. The van der Waals surface area contributed by atoms with Crippen LogP contribution in [0.25, 0.3) is 0 Å². The SMILES string of the molecule is Oc1c(F)cc(CNc2ccc(Br)cc2)cc1F. The van der Waals surface area contributed by atoms with Gasteiger partial charge in [0, 0.05) is 16.7 Å². The lowest BCUT2D eigenvalue weighted by Crippen LogP contribution is -2.00. The summed E-state index contributed by atoms with van der Waals surface area (Å²) in [6.07, 6.45) is 0. The van der Waals surface area contributed by atoms with E-state index in [0.29, 0.717) is 5.56 Å². The lowest BCUT2D eigenvalue weighted by atomic mass is 10.2. The number of benzene rings is 2. The van der Waals surface area contributed by atoms with Crippen LogP contribution in [0, 0.1) is 11.6 Å².